The average molecular weight is 288 g/mol. The largest absolute Gasteiger partial charge is 0.332 e. The Kier molecular flexibility index (Phi) is 4.35. The maximum Gasteiger partial charge on any atom is 0.175 e. The molecule has 0 unspecified atom stereocenters. The Labute approximate surface area is 124 Å². The van der Waals surface area contributed by atoms with E-state index >= 15 is 0 Å². The Bertz CT molecular complexity index is 653. The lowest BCUT2D eigenvalue weighted by Gasteiger charge is -2.13. The van der Waals surface area contributed by atoms with Gasteiger partial charge < -0.3 is 10.6 Å². The van der Waals surface area contributed by atoms with E-state index in [4.69, 9.17) is 12.2 Å². The highest BCUT2D eigenvalue weighted by Gasteiger charge is 2.05. The molecule has 0 fully saturated rings. The van der Waals surface area contributed by atoms with E-state index in [2.05, 4.69) is 17.6 Å². The second kappa shape index (κ2) is 6.01. The SMILES string of the molecule is Cc1ccc(NC(=S)Nc2cccc(F)c2C)cc1C. The summed E-state index contributed by atoms with van der Waals surface area (Å²) < 4.78 is 13.5. The summed E-state index contributed by atoms with van der Waals surface area (Å²) in [5.74, 6) is -0.246. The number of benzene rings is 2. The molecule has 0 aliphatic carbocycles. The van der Waals surface area contributed by atoms with Gasteiger partial charge in [0.15, 0.2) is 5.11 Å². The molecule has 0 aliphatic rings. The van der Waals surface area contributed by atoms with Crippen LogP contribution in [0.25, 0.3) is 0 Å². The number of nitrogens with one attached hydrogen (secondary N) is 2. The summed E-state index contributed by atoms with van der Waals surface area (Å²) in [7, 11) is 0. The number of halogens is 1. The van der Waals surface area contributed by atoms with E-state index in [9.17, 15) is 4.39 Å². The van der Waals surface area contributed by atoms with Gasteiger partial charge in [-0.15, -0.1) is 0 Å². The van der Waals surface area contributed by atoms with E-state index < -0.39 is 0 Å². The molecule has 2 aromatic carbocycles. The van der Waals surface area contributed by atoms with Gasteiger partial charge in [-0.3, -0.25) is 0 Å². The fourth-order valence-corrected chi connectivity index (χ4v) is 2.07. The van der Waals surface area contributed by atoms with Gasteiger partial charge in [-0.25, -0.2) is 4.39 Å². The van der Waals surface area contributed by atoms with Gasteiger partial charge in [0.05, 0.1) is 0 Å². The molecule has 0 spiro atoms. The van der Waals surface area contributed by atoms with E-state index in [0.717, 1.165) is 5.69 Å². The number of thiocarbonyl (C=S) groups is 1. The van der Waals surface area contributed by atoms with Crippen molar-refractivity contribution in [2.75, 3.05) is 10.6 Å². The predicted molar refractivity (Wildman–Crippen MR) is 86.9 cm³/mol. The van der Waals surface area contributed by atoms with Crippen molar-refractivity contribution < 1.29 is 4.39 Å². The minimum atomic E-state index is -0.246. The molecule has 0 saturated carbocycles. The molecule has 2 rings (SSSR count). The van der Waals surface area contributed by atoms with Gasteiger partial charge in [-0.05, 0) is 68.4 Å². The summed E-state index contributed by atoms with van der Waals surface area (Å²) in [5, 5.41) is 6.56. The van der Waals surface area contributed by atoms with E-state index in [0.29, 0.717) is 16.4 Å². The Morgan fingerprint density at radius 3 is 2.45 bits per heavy atom. The summed E-state index contributed by atoms with van der Waals surface area (Å²) in [6, 6.07) is 10.9. The maximum atomic E-state index is 13.5. The fraction of sp³-hybridized carbons (Fsp3) is 0.188. The lowest BCUT2D eigenvalue weighted by atomic mass is 10.1. The molecule has 0 amide bonds. The van der Waals surface area contributed by atoms with Crippen molar-refractivity contribution in [3.05, 3.63) is 58.9 Å². The summed E-state index contributed by atoms with van der Waals surface area (Å²) in [6.07, 6.45) is 0. The van der Waals surface area contributed by atoms with E-state index in [-0.39, 0.29) is 5.82 Å². The first-order valence-corrected chi connectivity index (χ1v) is 6.78. The lowest BCUT2D eigenvalue weighted by Crippen LogP contribution is -2.19. The molecule has 2 nitrogen and oxygen atoms in total. The number of anilines is 2. The van der Waals surface area contributed by atoms with E-state index in [1.807, 2.05) is 25.1 Å². The first-order valence-electron chi connectivity index (χ1n) is 6.38. The number of rotatable bonds is 2. The molecule has 0 radical (unpaired) electrons. The maximum absolute atomic E-state index is 13.5. The first-order chi connectivity index (χ1) is 9.47. The highest BCUT2D eigenvalue weighted by Crippen LogP contribution is 2.18. The molecule has 0 aliphatic heterocycles. The first kappa shape index (κ1) is 14.5. The van der Waals surface area contributed by atoms with Crippen molar-refractivity contribution in [1.82, 2.24) is 0 Å². The van der Waals surface area contributed by atoms with Crippen LogP contribution in [-0.4, -0.2) is 5.11 Å². The summed E-state index contributed by atoms with van der Waals surface area (Å²) >= 11 is 5.25. The highest BCUT2D eigenvalue weighted by molar-refractivity contribution is 7.80. The second-order valence-corrected chi connectivity index (χ2v) is 5.20. The minimum Gasteiger partial charge on any atom is -0.332 e. The smallest absolute Gasteiger partial charge is 0.175 e. The minimum absolute atomic E-state index is 0.246. The van der Waals surface area contributed by atoms with Crippen molar-refractivity contribution in [3.8, 4) is 0 Å². The summed E-state index contributed by atoms with van der Waals surface area (Å²) in [4.78, 5) is 0. The molecule has 2 aromatic rings. The van der Waals surface area contributed by atoms with Crippen LogP contribution in [0.4, 0.5) is 15.8 Å². The third-order valence-electron chi connectivity index (χ3n) is 3.28. The standard InChI is InChI=1S/C16H17FN2S/c1-10-7-8-13(9-11(10)2)18-16(20)19-15-6-4-5-14(17)12(15)3/h4-9H,1-3H3,(H2,18,19,20). The van der Waals surface area contributed by atoms with E-state index in [1.54, 1.807) is 19.1 Å². The van der Waals surface area contributed by atoms with Crippen LogP contribution in [0.3, 0.4) is 0 Å². The van der Waals surface area contributed by atoms with Crippen LogP contribution in [0.15, 0.2) is 36.4 Å². The van der Waals surface area contributed by atoms with Crippen LogP contribution in [0.2, 0.25) is 0 Å². The molecular formula is C16H17FN2S. The normalized spacial score (nSPS) is 10.2. The van der Waals surface area contributed by atoms with E-state index in [1.165, 1.54) is 17.2 Å². The topological polar surface area (TPSA) is 24.1 Å². The van der Waals surface area contributed by atoms with Crippen molar-refractivity contribution >= 4 is 28.7 Å². The second-order valence-electron chi connectivity index (χ2n) is 4.79. The van der Waals surface area contributed by atoms with Crippen molar-refractivity contribution in [2.45, 2.75) is 20.8 Å². The zero-order valence-electron chi connectivity index (χ0n) is 11.8. The molecule has 4 heteroatoms. The summed E-state index contributed by atoms with van der Waals surface area (Å²) in [5.41, 5.74) is 4.57. The average Bonchev–Trinajstić information content (AvgIpc) is 2.39. The zero-order chi connectivity index (χ0) is 14.7. The van der Waals surface area contributed by atoms with Crippen LogP contribution in [-0.2, 0) is 0 Å². The van der Waals surface area contributed by atoms with Crippen molar-refractivity contribution in [1.29, 1.82) is 0 Å². The van der Waals surface area contributed by atoms with Crippen LogP contribution >= 0.6 is 12.2 Å². The molecule has 0 saturated heterocycles. The Balaban J connectivity index is 2.09. The van der Waals surface area contributed by atoms with Gasteiger partial charge in [-0.1, -0.05) is 12.1 Å². The van der Waals surface area contributed by atoms with Gasteiger partial charge in [0, 0.05) is 16.9 Å². The van der Waals surface area contributed by atoms with Gasteiger partial charge in [0.1, 0.15) is 5.82 Å². The molecule has 20 heavy (non-hydrogen) atoms. The molecule has 0 bridgehead atoms. The van der Waals surface area contributed by atoms with Crippen LogP contribution in [0.5, 0.6) is 0 Å². The van der Waals surface area contributed by atoms with Gasteiger partial charge in [-0.2, -0.15) is 0 Å². The highest BCUT2D eigenvalue weighted by atomic mass is 32.1. The number of aryl methyl sites for hydroxylation is 2. The third kappa shape index (κ3) is 3.33. The molecule has 104 valence electrons. The third-order valence-corrected chi connectivity index (χ3v) is 3.48. The Morgan fingerprint density at radius 1 is 1.00 bits per heavy atom. The zero-order valence-corrected chi connectivity index (χ0v) is 12.6. The molecule has 0 heterocycles. The van der Waals surface area contributed by atoms with Gasteiger partial charge >= 0.3 is 0 Å². The van der Waals surface area contributed by atoms with Gasteiger partial charge in [0.25, 0.3) is 0 Å². The Hall–Kier alpha value is -1.94. The number of hydrogen-bond acceptors (Lipinski definition) is 1. The molecular weight excluding hydrogens is 271 g/mol. The number of hydrogen-bond donors (Lipinski definition) is 2. The Morgan fingerprint density at radius 2 is 1.75 bits per heavy atom. The summed E-state index contributed by atoms with van der Waals surface area (Å²) in [6.45, 7) is 5.83. The fourth-order valence-electron chi connectivity index (χ4n) is 1.85. The van der Waals surface area contributed by atoms with Crippen LogP contribution in [0.1, 0.15) is 16.7 Å². The molecule has 2 N–H and O–H groups in total. The monoisotopic (exact) mass is 288 g/mol. The quantitative estimate of drug-likeness (QED) is 0.792. The van der Waals surface area contributed by atoms with Crippen LogP contribution < -0.4 is 10.6 Å². The van der Waals surface area contributed by atoms with Crippen molar-refractivity contribution in [2.24, 2.45) is 0 Å². The van der Waals surface area contributed by atoms with Crippen molar-refractivity contribution in [3.63, 3.8) is 0 Å². The lowest BCUT2D eigenvalue weighted by molar-refractivity contribution is 0.619. The molecule has 0 aromatic heterocycles. The van der Waals surface area contributed by atoms with Gasteiger partial charge in [0.2, 0.25) is 0 Å². The molecule has 0 atom stereocenters. The van der Waals surface area contributed by atoms with Crippen LogP contribution in [0, 0.1) is 26.6 Å². The predicted octanol–water partition coefficient (Wildman–Crippen LogP) is 4.56.